The number of hydrogen-bond acceptors (Lipinski definition) is 0. The zero-order valence-electron chi connectivity index (χ0n) is 22.9. The third kappa shape index (κ3) is 4.39. The molecule has 0 amide bonds. The summed E-state index contributed by atoms with van der Waals surface area (Å²) in [6.45, 7) is 4.73. The van der Waals surface area contributed by atoms with Crippen LogP contribution < -0.4 is 0 Å². The lowest BCUT2D eigenvalue weighted by atomic mass is 9.80. The molecule has 0 aromatic heterocycles. The van der Waals surface area contributed by atoms with Crippen LogP contribution >= 0.6 is 15.9 Å². The molecule has 0 N–H and O–H groups in total. The maximum absolute atomic E-state index is 3.56. The standard InChI is InChI=1S/C39H31Br/c1-39(2)37-10-6-5-9-34(37)35-22-11-26(24-38(35)39)23-36(32-17-14-27-7-3-4-8-31(27)25-32)30-15-12-28(13-16-30)29-18-20-33(40)21-19-29/h3-22,24-25,36H,23H2,1-2H3. The van der Waals surface area contributed by atoms with Gasteiger partial charge < -0.3 is 0 Å². The Balaban J connectivity index is 1.29. The van der Waals surface area contributed by atoms with Crippen molar-refractivity contribution in [2.75, 3.05) is 0 Å². The zero-order chi connectivity index (χ0) is 27.3. The van der Waals surface area contributed by atoms with Gasteiger partial charge in [-0.25, -0.2) is 0 Å². The Kier molecular flexibility index (Phi) is 6.21. The van der Waals surface area contributed by atoms with Gasteiger partial charge in [0, 0.05) is 15.8 Å². The van der Waals surface area contributed by atoms with Crippen LogP contribution in [0.2, 0.25) is 0 Å². The Labute approximate surface area is 245 Å². The highest BCUT2D eigenvalue weighted by Gasteiger charge is 2.35. The first-order valence-corrected chi connectivity index (χ1v) is 14.8. The smallest absolute Gasteiger partial charge is 0.0175 e. The molecule has 194 valence electrons. The summed E-state index contributed by atoms with van der Waals surface area (Å²) in [5.41, 5.74) is 12.2. The molecule has 6 aromatic carbocycles. The number of benzene rings is 6. The molecule has 7 rings (SSSR count). The predicted molar refractivity (Wildman–Crippen MR) is 173 cm³/mol. The van der Waals surface area contributed by atoms with Gasteiger partial charge in [-0.05, 0) is 79.4 Å². The second-order valence-corrected chi connectivity index (χ2v) is 12.5. The highest BCUT2D eigenvalue weighted by atomic mass is 79.9. The summed E-state index contributed by atoms with van der Waals surface area (Å²) in [6.07, 6.45) is 0.954. The van der Waals surface area contributed by atoms with E-state index in [2.05, 4.69) is 163 Å². The maximum Gasteiger partial charge on any atom is 0.0175 e. The van der Waals surface area contributed by atoms with E-state index in [-0.39, 0.29) is 11.3 Å². The van der Waals surface area contributed by atoms with Crippen molar-refractivity contribution in [1.82, 2.24) is 0 Å². The summed E-state index contributed by atoms with van der Waals surface area (Å²) in [5, 5.41) is 2.58. The lowest BCUT2D eigenvalue weighted by Gasteiger charge is -2.23. The molecule has 0 fully saturated rings. The van der Waals surface area contributed by atoms with Crippen molar-refractivity contribution >= 4 is 26.7 Å². The van der Waals surface area contributed by atoms with Gasteiger partial charge in [0.15, 0.2) is 0 Å². The molecule has 0 saturated carbocycles. The van der Waals surface area contributed by atoms with E-state index in [0.717, 1.165) is 10.9 Å². The van der Waals surface area contributed by atoms with Crippen molar-refractivity contribution in [3.05, 3.63) is 166 Å². The van der Waals surface area contributed by atoms with E-state index in [1.165, 1.54) is 60.8 Å². The van der Waals surface area contributed by atoms with Gasteiger partial charge in [-0.15, -0.1) is 0 Å². The van der Waals surface area contributed by atoms with Gasteiger partial charge in [0.25, 0.3) is 0 Å². The summed E-state index contributed by atoms with van der Waals surface area (Å²) >= 11 is 3.56. The van der Waals surface area contributed by atoms with Crippen LogP contribution in [0, 0.1) is 0 Å². The molecule has 1 heteroatoms. The van der Waals surface area contributed by atoms with Gasteiger partial charge in [-0.1, -0.05) is 151 Å². The first-order valence-electron chi connectivity index (χ1n) is 14.1. The second kappa shape index (κ2) is 9.91. The van der Waals surface area contributed by atoms with Crippen molar-refractivity contribution < 1.29 is 0 Å². The summed E-state index contributed by atoms with van der Waals surface area (Å²) < 4.78 is 1.10. The highest BCUT2D eigenvalue weighted by molar-refractivity contribution is 9.10. The Hall–Kier alpha value is -3.94. The van der Waals surface area contributed by atoms with Gasteiger partial charge in [0.1, 0.15) is 0 Å². The van der Waals surface area contributed by atoms with Crippen molar-refractivity contribution in [2.24, 2.45) is 0 Å². The largest absolute Gasteiger partial charge is 0.0619 e. The van der Waals surface area contributed by atoms with Crippen LogP contribution in [0.4, 0.5) is 0 Å². The Bertz CT molecular complexity index is 1840. The quantitative estimate of drug-likeness (QED) is 0.191. The topological polar surface area (TPSA) is 0 Å². The van der Waals surface area contributed by atoms with Gasteiger partial charge in [-0.3, -0.25) is 0 Å². The Morgan fingerprint density at radius 3 is 1.95 bits per heavy atom. The van der Waals surface area contributed by atoms with Gasteiger partial charge in [0.05, 0.1) is 0 Å². The zero-order valence-corrected chi connectivity index (χ0v) is 24.5. The molecule has 40 heavy (non-hydrogen) atoms. The summed E-state index contributed by atoms with van der Waals surface area (Å²) in [7, 11) is 0. The fraction of sp³-hybridized carbons (Fsp3) is 0.128. The summed E-state index contributed by atoms with van der Waals surface area (Å²) in [4.78, 5) is 0. The fourth-order valence-electron chi connectivity index (χ4n) is 6.52. The summed E-state index contributed by atoms with van der Waals surface area (Å²) in [6, 6.07) is 49.5. The van der Waals surface area contributed by atoms with E-state index in [1.807, 2.05) is 0 Å². The minimum atomic E-state index is 0.00666. The van der Waals surface area contributed by atoms with Gasteiger partial charge >= 0.3 is 0 Å². The molecule has 6 aromatic rings. The second-order valence-electron chi connectivity index (χ2n) is 11.5. The molecule has 0 radical (unpaired) electrons. The molecular weight excluding hydrogens is 548 g/mol. The van der Waals surface area contributed by atoms with Crippen LogP contribution in [-0.4, -0.2) is 0 Å². The normalized spacial score (nSPS) is 14.1. The average Bonchev–Trinajstić information content (AvgIpc) is 3.22. The Morgan fingerprint density at radius 2 is 1.18 bits per heavy atom. The number of hydrogen-bond donors (Lipinski definition) is 0. The van der Waals surface area contributed by atoms with Crippen molar-refractivity contribution in [2.45, 2.75) is 31.6 Å². The molecule has 1 unspecified atom stereocenters. The minimum absolute atomic E-state index is 0.00666. The summed E-state index contributed by atoms with van der Waals surface area (Å²) in [5.74, 6) is 0.258. The van der Waals surface area contributed by atoms with Crippen molar-refractivity contribution in [3.63, 3.8) is 0 Å². The van der Waals surface area contributed by atoms with E-state index in [0.29, 0.717) is 0 Å². The van der Waals surface area contributed by atoms with Crippen LogP contribution in [0.25, 0.3) is 33.0 Å². The monoisotopic (exact) mass is 578 g/mol. The lowest BCUT2D eigenvalue weighted by Crippen LogP contribution is -2.15. The van der Waals surface area contributed by atoms with E-state index >= 15 is 0 Å². The first-order chi connectivity index (χ1) is 19.5. The molecule has 0 bridgehead atoms. The third-order valence-corrected chi connectivity index (χ3v) is 9.28. The number of halogens is 1. The molecule has 0 aliphatic heterocycles. The highest BCUT2D eigenvalue weighted by Crippen LogP contribution is 2.49. The maximum atomic E-state index is 3.56. The van der Waals surface area contributed by atoms with E-state index < -0.39 is 0 Å². The van der Waals surface area contributed by atoms with E-state index in [4.69, 9.17) is 0 Å². The van der Waals surface area contributed by atoms with Gasteiger partial charge in [-0.2, -0.15) is 0 Å². The van der Waals surface area contributed by atoms with E-state index in [1.54, 1.807) is 0 Å². The van der Waals surface area contributed by atoms with Crippen LogP contribution in [-0.2, 0) is 11.8 Å². The molecule has 1 atom stereocenters. The van der Waals surface area contributed by atoms with Crippen LogP contribution in [0.5, 0.6) is 0 Å². The SMILES string of the molecule is CC1(C)c2ccccc2-c2ccc(CC(c3ccc(-c4ccc(Br)cc4)cc3)c3ccc4ccccc4c3)cc21. The molecule has 1 aliphatic carbocycles. The third-order valence-electron chi connectivity index (χ3n) is 8.75. The van der Waals surface area contributed by atoms with Gasteiger partial charge in [0.2, 0.25) is 0 Å². The number of rotatable bonds is 5. The predicted octanol–water partition coefficient (Wildman–Crippen LogP) is 11.0. The molecule has 0 saturated heterocycles. The minimum Gasteiger partial charge on any atom is -0.0619 e. The van der Waals surface area contributed by atoms with E-state index in [9.17, 15) is 0 Å². The molecule has 0 spiro atoms. The molecule has 1 aliphatic rings. The van der Waals surface area contributed by atoms with Crippen molar-refractivity contribution in [3.8, 4) is 22.3 Å². The molecule has 0 heterocycles. The van der Waals surface area contributed by atoms with Crippen LogP contribution in [0.1, 0.15) is 47.6 Å². The Morgan fingerprint density at radius 1 is 0.550 bits per heavy atom. The average molecular weight is 580 g/mol. The molecule has 0 nitrogen and oxygen atoms in total. The van der Waals surface area contributed by atoms with Crippen molar-refractivity contribution in [1.29, 1.82) is 0 Å². The van der Waals surface area contributed by atoms with Crippen LogP contribution in [0.3, 0.4) is 0 Å². The number of fused-ring (bicyclic) bond motifs is 4. The fourth-order valence-corrected chi connectivity index (χ4v) is 6.78. The molecular formula is C39H31Br. The first kappa shape index (κ1) is 25.1. The van der Waals surface area contributed by atoms with Crippen LogP contribution in [0.15, 0.2) is 138 Å². The lowest BCUT2D eigenvalue weighted by molar-refractivity contribution is 0.658.